The van der Waals surface area contributed by atoms with Crippen LogP contribution in [0.15, 0.2) is 42.5 Å². The Labute approximate surface area is 187 Å². The molecule has 3 aromatic rings. The Morgan fingerprint density at radius 1 is 0.688 bits per heavy atom. The van der Waals surface area contributed by atoms with Gasteiger partial charge in [0.2, 0.25) is 0 Å². The Morgan fingerprint density at radius 3 is 2.06 bits per heavy atom. The van der Waals surface area contributed by atoms with Crippen LogP contribution in [0, 0.1) is 35.1 Å². The largest absolute Gasteiger partial charge is 0.206 e. The lowest BCUT2D eigenvalue weighted by atomic mass is 9.78. The molecule has 0 spiro atoms. The van der Waals surface area contributed by atoms with E-state index in [1.165, 1.54) is 44.1 Å². The Hall–Kier alpha value is -2.36. The Kier molecular flexibility index (Phi) is 7.17. The lowest BCUT2D eigenvalue weighted by Gasteiger charge is -2.27. The predicted octanol–water partition coefficient (Wildman–Crippen LogP) is 8.33. The molecule has 0 saturated heterocycles. The first-order valence-corrected chi connectivity index (χ1v) is 11.8. The molecule has 0 amide bonds. The van der Waals surface area contributed by atoms with Crippen LogP contribution in [-0.2, 0) is 19.3 Å². The quantitative estimate of drug-likeness (QED) is 0.255. The van der Waals surface area contributed by atoms with Gasteiger partial charge in [-0.1, -0.05) is 69.4 Å². The van der Waals surface area contributed by atoms with E-state index in [0.717, 1.165) is 35.8 Å². The van der Waals surface area contributed by atoms with Crippen LogP contribution in [0.25, 0.3) is 10.8 Å². The fourth-order valence-corrected chi connectivity index (χ4v) is 5.07. The normalized spacial score (nSPS) is 18.9. The fraction of sp³-hybridized carbons (Fsp3) is 0.429. The van der Waals surface area contributed by atoms with E-state index in [-0.39, 0.29) is 18.7 Å². The molecule has 0 unspecified atom stereocenters. The molecule has 1 aliphatic rings. The highest BCUT2D eigenvalue weighted by Crippen LogP contribution is 2.33. The molecule has 1 aliphatic carbocycles. The molecule has 0 heterocycles. The van der Waals surface area contributed by atoms with E-state index in [1.54, 1.807) is 6.07 Å². The van der Waals surface area contributed by atoms with Crippen LogP contribution in [0.4, 0.5) is 17.6 Å². The maximum atomic E-state index is 15.1. The molecule has 4 rings (SSSR count). The number of hydrogen-bond acceptors (Lipinski definition) is 0. The minimum absolute atomic E-state index is 0.231. The molecule has 0 aromatic heterocycles. The van der Waals surface area contributed by atoms with Crippen molar-refractivity contribution in [1.29, 1.82) is 0 Å². The second-order valence-electron chi connectivity index (χ2n) is 9.30. The first-order valence-electron chi connectivity index (χ1n) is 11.8. The number of rotatable bonds is 7. The van der Waals surface area contributed by atoms with E-state index in [0.29, 0.717) is 16.5 Å². The summed E-state index contributed by atoms with van der Waals surface area (Å²) in [5, 5.41) is 1.43. The van der Waals surface area contributed by atoms with Gasteiger partial charge in [0.25, 0.3) is 0 Å². The van der Waals surface area contributed by atoms with E-state index in [1.807, 2.05) is 18.2 Å². The minimum Gasteiger partial charge on any atom is -0.206 e. The molecule has 32 heavy (non-hydrogen) atoms. The van der Waals surface area contributed by atoms with Crippen LogP contribution in [0.5, 0.6) is 0 Å². The molecule has 0 atom stereocenters. The third kappa shape index (κ3) is 5.16. The van der Waals surface area contributed by atoms with E-state index < -0.39 is 17.5 Å². The smallest absolute Gasteiger partial charge is 0.194 e. The Morgan fingerprint density at radius 2 is 1.38 bits per heavy atom. The van der Waals surface area contributed by atoms with Crippen LogP contribution >= 0.6 is 0 Å². The molecular weight excluding hydrogens is 412 g/mol. The lowest BCUT2D eigenvalue weighted by molar-refractivity contribution is 0.259. The first-order chi connectivity index (χ1) is 15.4. The zero-order chi connectivity index (χ0) is 22.7. The number of hydrogen-bond donors (Lipinski definition) is 0. The summed E-state index contributed by atoms with van der Waals surface area (Å²) < 4.78 is 55.0. The Bertz CT molecular complexity index is 1060. The van der Waals surface area contributed by atoms with Crippen molar-refractivity contribution in [3.63, 3.8) is 0 Å². The molecule has 3 aromatic carbocycles. The van der Waals surface area contributed by atoms with Gasteiger partial charge in [-0.25, -0.2) is 17.6 Å². The van der Waals surface area contributed by atoms with Gasteiger partial charge in [-0.3, -0.25) is 0 Å². The van der Waals surface area contributed by atoms with Crippen LogP contribution in [0.1, 0.15) is 62.1 Å². The summed E-state index contributed by atoms with van der Waals surface area (Å²) >= 11 is 0. The van der Waals surface area contributed by atoms with Crippen molar-refractivity contribution in [3.05, 3.63) is 82.4 Å². The summed E-state index contributed by atoms with van der Waals surface area (Å²) in [6, 6.07) is 11.5. The third-order valence-electron chi connectivity index (χ3n) is 7.21. The lowest BCUT2D eigenvalue weighted by Crippen LogP contribution is -2.14. The van der Waals surface area contributed by atoms with E-state index in [2.05, 4.69) is 13.0 Å². The van der Waals surface area contributed by atoms with Crippen LogP contribution < -0.4 is 0 Å². The highest BCUT2D eigenvalue weighted by molar-refractivity contribution is 5.84. The molecule has 1 fully saturated rings. The van der Waals surface area contributed by atoms with Crippen LogP contribution in [0.3, 0.4) is 0 Å². The summed E-state index contributed by atoms with van der Waals surface area (Å²) in [5.41, 5.74) is 2.03. The minimum atomic E-state index is -1.48. The van der Waals surface area contributed by atoms with Gasteiger partial charge >= 0.3 is 0 Å². The van der Waals surface area contributed by atoms with Gasteiger partial charge in [-0.2, -0.15) is 0 Å². The molecule has 0 bridgehead atoms. The van der Waals surface area contributed by atoms with Crippen molar-refractivity contribution < 1.29 is 17.6 Å². The molecule has 1 saturated carbocycles. The van der Waals surface area contributed by atoms with Crippen molar-refractivity contribution in [2.24, 2.45) is 11.8 Å². The number of fused-ring (bicyclic) bond motifs is 1. The summed E-state index contributed by atoms with van der Waals surface area (Å²) in [6.45, 7) is 2.28. The van der Waals surface area contributed by atoms with Crippen LogP contribution in [-0.4, -0.2) is 0 Å². The molecule has 0 aliphatic heterocycles. The maximum absolute atomic E-state index is 15.1. The average molecular weight is 443 g/mol. The number of halogens is 4. The van der Waals surface area contributed by atoms with Crippen molar-refractivity contribution in [2.45, 2.75) is 64.7 Å². The van der Waals surface area contributed by atoms with E-state index >= 15 is 4.39 Å². The molecular formula is C28H30F4. The van der Waals surface area contributed by atoms with Gasteiger partial charge in [-0.15, -0.1) is 0 Å². The SMILES string of the molecule is CCC1CCC(CCc2ccc3c(F)c(CCc4cc(F)c(F)c(F)c4)ccc3c2)CC1. The van der Waals surface area contributed by atoms with Gasteiger partial charge in [-0.05, 0) is 71.7 Å². The topological polar surface area (TPSA) is 0 Å². The molecule has 170 valence electrons. The van der Waals surface area contributed by atoms with Crippen LogP contribution in [0.2, 0.25) is 0 Å². The average Bonchev–Trinajstić information content (AvgIpc) is 2.81. The number of aryl methyl sites for hydroxylation is 3. The second-order valence-corrected chi connectivity index (χ2v) is 9.30. The van der Waals surface area contributed by atoms with Gasteiger partial charge < -0.3 is 0 Å². The monoisotopic (exact) mass is 442 g/mol. The van der Waals surface area contributed by atoms with Crippen molar-refractivity contribution in [2.75, 3.05) is 0 Å². The van der Waals surface area contributed by atoms with Gasteiger partial charge in [0, 0.05) is 5.39 Å². The zero-order valence-corrected chi connectivity index (χ0v) is 18.6. The highest BCUT2D eigenvalue weighted by atomic mass is 19.2. The molecule has 0 nitrogen and oxygen atoms in total. The first kappa shape index (κ1) is 22.8. The number of benzene rings is 3. The maximum Gasteiger partial charge on any atom is 0.194 e. The summed E-state index contributed by atoms with van der Waals surface area (Å²) in [7, 11) is 0. The summed E-state index contributed by atoms with van der Waals surface area (Å²) in [6.07, 6.45) is 9.37. The van der Waals surface area contributed by atoms with Crippen molar-refractivity contribution in [3.8, 4) is 0 Å². The molecule has 0 N–H and O–H groups in total. The zero-order valence-electron chi connectivity index (χ0n) is 18.6. The van der Waals surface area contributed by atoms with E-state index in [9.17, 15) is 13.2 Å². The third-order valence-corrected chi connectivity index (χ3v) is 7.21. The summed E-state index contributed by atoms with van der Waals surface area (Å²) in [5.74, 6) is -2.50. The van der Waals surface area contributed by atoms with Gasteiger partial charge in [0.05, 0.1) is 0 Å². The van der Waals surface area contributed by atoms with Crippen molar-refractivity contribution >= 4 is 10.8 Å². The Balaban J connectivity index is 1.41. The summed E-state index contributed by atoms with van der Waals surface area (Å²) in [4.78, 5) is 0. The van der Waals surface area contributed by atoms with Gasteiger partial charge in [0.1, 0.15) is 5.82 Å². The molecule has 0 radical (unpaired) electrons. The van der Waals surface area contributed by atoms with Gasteiger partial charge in [0.15, 0.2) is 17.5 Å². The molecule has 4 heteroatoms. The standard InChI is InChI=1S/C28H30F4/c1-2-18-3-5-19(6-4-18)7-8-20-10-14-24-23(15-20)13-12-22(27(24)31)11-9-21-16-25(29)28(32)26(30)17-21/h10,12-19H,2-9,11H2,1H3. The fourth-order valence-electron chi connectivity index (χ4n) is 5.07. The highest BCUT2D eigenvalue weighted by Gasteiger charge is 2.20. The van der Waals surface area contributed by atoms with E-state index in [4.69, 9.17) is 0 Å². The van der Waals surface area contributed by atoms with Crippen molar-refractivity contribution in [1.82, 2.24) is 0 Å². The predicted molar refractivity (Wildman–Crippen MR) is 122 cm³/mol. The second kappa shape index (κ2) is 10.1.